The van der Waals surface area contributed by atoms with E-state index in [9.17, 15) is 8.78 Å². The van der Waals surface area contributed by atoms with Crippen molar-refractivity contribution in [2.45, 2.75) is 33.1 Å². The molecular formula is C15H18F2N2. The van der Waals surface area contributed by atoms with Crippen LogP contribution in [0.5, 0.6) is 0 Å². The Morgan fingerprint density at radius 1 is 1.11 bits per heavy atom. The van der Waals surface area contributed by atoms with Crippen LogP contribution in [0.25, 0.3) is 10.9 Å². The molecule has 1 N–H and O–H groups in total. The molecule has 1 aromatic carbocycles. The zero-order valence-electron chi connectivity index (χ0n) is 11.3. The number of aromatic nitrogens is 1. The second-order valence-electron chi connectivity index (χ2n) is 4.59. The highest BCUT2D eigenvalue weighted by Crippen LogP contribution is 2.28. The van der Waals surface area contributed by atoms with E-state index in [0.717, 1.165) is 43.6 Å². The molecule has 0 spiro atoms. The zero-order chi connectivity index (χ0) is 13.8. The van der Waals surface area contributed by atoms with Gasteiger partial charge in [-0.1, -0.05) is 20.3 Å². The quantitative estimate of drug-likeness (QED) is 0.871. The first kappa shape index (κ1) is 13.7. The average molecular weight is 264 g/mol. The number of hydrogen-bond acceptors (Lipinski definition) is 2. The summed E-state index contributed by atoms with van der Waals surface area (Å²) in [4.78, 5) is 4.24. The summed E-state index contributed by atoms with van der Waals surface area (Å²) in [5.41, 5.74) is 1.54. The molecular weight excluding hydrogens is 246 g/mol. The molecule has 0 unspecified atom stereocenters. The van der Waals surface area contributed by atoms with Crippen molar-refractivity contribution in [1.29, 1.82) is 0 Å². The molecule has 19 heavy (non-hydrogen) atoms. The smallest absolute Gasteiger partial charge is 0.149 e. The highest BCUT2D eigenvalue weighted by molar-refractivity contribution is 5.92. The largest absolute Gasteiger partial charge is 0.384 e. The van der Waals surface area contributed by atoms with Gasteiger partial charge in [-0.2, -0.15) is 0 Å². The molecule has 1 aromatic heterocycles. The minimum atomic E-state index is -0.478. The molecule has 0 aliphatic rings. The average Bonchev–Trinajstić information content (AvgIpc) is 2.40. The van der Waals surface area contributed by atoms with Crippen LogP contribution in [-0.4, -0.2) is 11.5 Å². The van der Waals surface area contributed by atoms with Crippen molar-refractivity contribution in [3.63, 3.8) is 0 Å². The highest BCUT2D eigenvalue weighted by Gasteiger charge is 2.13. The lowest BCUT2D eigenvalue weighted by molar-refractivity contribution is 0.615. The Labute approximate surface area is 111 Å². The van der Waals surface area contributed by atoms with E-state index in [1.165, 1.54) is 0 Å². The summed E-state index contributed by atoms with van der Waals surface area (Å²) in [6.45, 7) is 4.79. The Hall–Kier alpha value is -1.71. The van der Waals surface area contributed by atoms with Gasteiger partial charge in [-0.25, -0.2) is 13.8 Å². The van der Waals surface area contributed by atoms with Gasteiger partial charge >= 0.3 is 0 Å². The normalized spacial score (nSPS) is 10.9. The van der Waals surface area contributed by atoms with Crippen LogP contribution in [0.1, 0.15) is 32.4 Å². The van der Waals surface area contributed by atoms with Crippen molar-refractivity contribution in [2.75, 3.05) is 11.9 Å². The van der Waals surface area contributed by atoms with Gasteiger partial charge in [0.1, 0.15) is 17.2 Å². The molecule has 0 fully saturated rings. The molecule has 102 valence electrons. The molecule has 0 saturated carbocycles. The number of nitrogens with one attached hydrogen (secondary N) is 1. The van der Waals surface area contributed by atoms with Crippen LogP contribution in [0, 0.1) is 11.6 Å². The van der Waals surface area contributed by atoms with Crippen LogP contribution >= 0.6 is 0 Å². The molecule has 0 atom stereocenters. The standard InChI is InChI=1S/C15H18F2N2/c1-3-5-10-9-13(18-8-4-2)14-11(16)6-7-12(17)15(14)19-10/h6-7,9H,3-5,8H2,1-2H3,(H,18,19). The third-order valence-electron chi connectivity index (χ3n) is 2.99. The molecule has 0 amide bonds. The van der Waals surface area contributed by atoms with Crippen LogP contribution in [-0.2, 0) is 6.42 Å². The van der Waals surface area contributed by atoms with Gasteiger partial charge in [0, 0.05) is 17.9 Å². The summed E-state index contributed by atoms with van der Waals surface area (Å²) in [6, 6.07) is 4.10. The number of rotatable bonds is 5. The molecule has 0 bridgehead atoms. The van der Waals surface area contributed by atoms with Crippen LogP contribution < -0.4 is 5.32 Å². The fourth-order valence-corrected chi connectivity index (χ4v) is 2.10. The van der Waals surface area contributed by atoms with Crippen molar-refractivity contribution in [3.05, 3.63) is 35.5 Å². The maximum absolute atomic E-state index is 13.9. The molecule has 1 heterocycles. The predicted molar refractivity (Wildman–Crippen MR) is 74.4 cm³/mol. The van der Waals surface area contributed by atoms with E-state index in [0.29, 0.717) is 5.69 Å². The SMILES string of the molecule is CCCNc1cc(CCC)nc2c(F)ccc(F)c12. The number of nitrogens with zero attached hydrogens (tertiary/aromatic N) is 1. The van der Waals surface area contributed by atoms with Crippen molar-refractivity contribution in [1.82, 2.24) is 4.98 Å². The lowest BCUT2D eigenvalue weighted by atomic mass is 10.1. The Kier molecular flexibility index (Phi) is 4.30. The number of halogens is 2. The van der Waals surface area contributed by atoms with Gasteiger partial charge in [-0.05, 0) is 31.0 Å². The fourth-order valence-electron chi connectivity index (χ4n) is 2.10. The Morgan fingerprint density at radius 2 is 1.84 bits per heavy atom. The van der Waals surface area contributed by atoms with Gasteiger partial charge in [0.2, 0.25) is 0 Å². The summed E-state index contributed by atoms with van der Waals surface area (Å²) in [5.74, 6) is -0.917. The van der Waals surface area contributed by atoms with Gasteiger partial charge in [0.15, 0.2) is 0 Å². The minimum absolute atomic E-state index is 0.115. The highest BCUT2D eigenvalue weighted by atomic mass is 19.1. The molecule has 2 rings (SSSR count). The van der Waals surface area contributed by atoms with Crippen molar-refractivity contribution in [3.8, 4) is 0 Å². The van der Waals surface area contributed by atoms with Crippen LogP contribution in [0.15, 0.2) is 18.2 Å². The monoisotopic (exact) mass is 264 g/mol. The Bertz CT molecular complexity index is 582. The number of fused-ring (bicyclic) bond motifs is 1. The molecule has 0 radical (unpaired) electrons. The van der Waals surface area contributed by atoms with Gasteiger partial charge < -0.3 is 5.32 Å². The number of anilines is 1. The predicted octanol–water partition coefficient (Wildman–Crippen LogP) is 4.29. The molecule has 2 aromatic rings. The summed E-state index contributed by atoms with van der Waals surface area (Å²) < 4.78 is 27.8. The lowest BCUT2D eigenvalue weighted by Gasteiger charge is -2.12. The Morgan fingerprint density at radius 3 is 2.53 bits per heavy atom. The van der Waals surface area contributed by atoms with Crippen molar-refractivity contribution < 1.29 is 8.78 Å². The van der Waals surface area contributed by atoms with Gasteiger partial charge in [-0.3, -0.25) is 0 Å². The first-order valence-corrected chi connectivity index (χ1v) is 6.68. The van der Waals surface area contributed by atoms with E-state index < -0.39 is 11.6 Å². The van der Waals surface area contributed by atoms with Crippen molar-refractivity contribution >= 4 is 16.6 Å². The molecule has 0 aliphatic heterocycles. The van der Waals surface area contributed by atoms with Crippen LogP contribution in [0.4, 0.5) is 14.5 Å². The fraction of sp³-hybridized carbons (Fsp3) is 0.400. The number of aryl methyl sites for hydroxylation is 1. The second kappa shape index (κ2) is 5.95. The maximum Gasteiger partial charge on any atom is 0.149 e. The van der Waals surface area contributed by atoms with Crippen LogP contribution in [0.2, 0.25) is 0 Å². The maximum atomic E-state index is 13.9. The second-order valence-corrected chi connectivity index (χ2v) is 4.59. The van der Waals surface area contributed by atoms with E-state index in [4.69, 9.17) is 0 Å². The van der Waals surface area contributed by atoms with Crippen molar-refractivity contribution in [2.24, 2.45) is 0 Å². The lowest BCUT2D eigenvalue weighted by Crippen LogP contribution is -2.04. The summed E-state index contributed by atoms with van der Waals surface area (Å²) in [6.07, 6.45) is 2.60. The molecule has 2 nitrogen and oxygen atoms in total. The minimum Gasteiger partial charge on any atom is -0.384 e. The summed E-state index contributed by atoms with van der Waals surface area (Å²) in [5, 5.41) is 3.40. The van der Waals surface area contributed by atoms with E-state index >= 15 is 0 Å². The number of pyridine rings is 1. The van der Waals surface area contributed by atoms with E-state index in [1.54, 1.807) is 0 Å². The number of hydrogen-bond donors (Lipinski definition) is 1. The molecule has 0 aliphatic carbocycles. The third kappa shape index (κ3) is 2.83. The van der Waals surface area contributed by atoms with Gasteiger partial charge in [0.05, 0.1) is 5.39 Å². The van der Waals surface area contributed by atoms with E-state index in [2.05, 4.69) is 10.3 Å². The van der Waals surface area contributed by atoms with Gasteiger partial charge in [-0.15, -0.1) is 0 Å². The first-order valence-electron chi connectivity index (χ1n) is 6.68. The van der Waals surface area contributed by atoms with Gasteiger partial charge in [0.25, 0.3) is 0 Å². The summed E-state index contributed by atoms with van der Waals surface area (Å²) >= 11 is 0. The number of benzene rings is 1. The zero-order valence-corrected chi connectivity index (χ0v) is 11.3. The van der Waals surface area contributed by atoms with Crippen LogP contribution in [0.3, 0.4) is 0 Å². The topological polar surface area (TPSA) is 24.9 Å². The third-order valence-corrected chi connectivity index (χ3v) is 2.99. The van der Waals surface area contributed by atoms with E-state index in [1.807, 2.05) is 19.9 Å². The molecule has 0 saturated heterocycles. The molecule has 4 heteroatoms. The Balaban J connectivity index is 2.63. The first-order chi connectivity index (χ1) is 9.17. The summed E-state index contributed by atoms with van der Waals surface area (Å²) in [7, 11) is 0. The van der Waals surface area contributed by atoms with E-state index in [-0.39, 0.29) is 10.9 Å².